The van der Waals surface area contributed by atoms with Crippen LogP contribution in [0, 0.1) is 6.92 Å². The number of hydrogen-bond donors (Lipinski definition) is 1. The number of nitrogens with two attached hydrogens (primary N) is 1. The van der Waals surface area contributed by atoms with E-state index in [0.29, 0.717) is 17.5 Å². The van der Waals surface area contributed by atoms with Gasteiger partial charge < -0.3 is 5.73 Å². The zero-order valence-electron chi connectivity index (χ0n) is 10.8. The number of hydrogen-bond acceptors (Lipinski definition) is 4. The number of primary amides is 1. The maximum atomic E-state index is 11.0. The Balaban J connectivity index is 2.71. The number of nitrogens with zero attached hydrogens (tertiary/aromatic N) is 3. The second kappa shape index (κ2) is 7.28. The number of amides is 1. The summed E-state index contributed by atoms with van der Waals surface area (Å²) in [6.45, 7) is 5.47. The minimum atomic E-state index is -0.343. The molecule has 6 heteroatoms. The topological polar surface area (TPSA) is 72.1 Å². The van der Waals surface area contributed by atoms with Crippen molar-refractivity contribution in [1.29, 1.82) is 0 Å². The molecule has 0 saturated carbocycles. The molecule has 0 bridgehead atoms. The number of carbonyl (C=O) groups is 1. The molecule has 1 aromatic heterocycles. The minimum absolute atomic E-state index is 0.217. The third-order valence-corrected chi connectivity index (χ3v) is 2.64. The van der Waals surface area contributed by atoms with E-state index < -0.39 is 0 Å². The van der Waals surface area contributed by atoms with Crippen LogP contribution in [0.25, 0.3) is 0 Å². The van der Waals surface area contributed by atoms with E-state index in [0.717, 1.165) is 25.1 Å². The van der Waals surface area contributed by atoms with E-state index >= 15 is 0 Å². The summed E-state index contributed by atoms with van der Waals surface area (Å²) in [5.74, 6) is 0.280. The first-order valence-corrected chi connectivity index (χ1v) is 6.39. The van der Waals surface area contributed by atoms with E-state index in [1.165, 1.54) is 0 Å². The van der Waals surface area contributed by atoms with Crippen molar-refractivity contribution in [3.8, 4) is 0 Å². The first kappa shape index (κ1) is 14.9. The Kier molecular flexibility index (Phi) is 6.01. The van der Waals surface area contributed by atoms with Gasteiger partial charge in [0.15, 0.2) is 0 Å². The smallest absolute Gasteiger partial charge is 0.231 e. The number of unbranched alkanes of at least 4 members (excludes halogenated alkanes) is 1. The zero-order valence-corrected chi connectivity index (χ0v) is 11.6. The molecule has 0 unspecified atom stereocenters. The number of aryl methyl sites for hydroxylation is 1. The Hall–Kier alpha value is -1.20. The van der Waals surface area contributed by atoms with Crippen molar-refractivity contribution < 1.29 is 4.79 Å². The fourth-order valence-electron chi connectivity index (χ4n) is 1.68. The Morgan fingerprint density at radius 1 is 1.50 bits per heavy atom. The van der Waals surface area contributed by atoms with Crippen LogP contribution in [0.2, 0.25) is 5.15 Å². The summed E-state index contributed by atoms with van der Waals surface area (Å²) in [6, 6.07) is 1.70. The predicted octanol–water partition coefficient (Wildman–Crippen LogP) is 1.53. The van der Waals surface area contributed by atoms with Crippen LogP contribution in [0.3, 0.4) is 0 Å². The summed E-state index contributed by atoms with van der Waals surface area (Å²) in [6.07, 6.45) is 2.07. The van der Waals surface area contributed by atoms with Gasteiger partial charge in [-0.3, -0.25) is 9.69 Å². The molecule has 0 spiro atoms. The average Bonchev–Trinajstić information content (AvgIpc) is 2.23. The van der Waals surface area contributed by atoms with Crippen LogP contribution in [0.5, 0.6) is 0 Å². The molecule has 0 aliphatic rings. The van der Waals surface area contributed by atoms with Crippen molar-refractivity contribution in [1.82, 2.24) is 14.9 Å². The highest BCUT2D eigenvalue weighted by atomic mass is 35.5. The first-order chi connectivity index (χ1) is 8.51. The van der Waals surface area contributed by atoms with Gasteiger partial charge in [0, 0.05) is 5.69 Å². The van der Waals surface area contributed by atoms with Gasteiger partial charge in [-0.2, -0.15) is 0 Å². The number of aromatic nitrogens is 2. The lowest BCUT2D eigenvalue weighted by Crippen LogP contribution is -2.34. The quantitative estimate of drug-likeness (QED) is 0.763. The third kappa shape index (κ3) is 5.42. The fraction of sp³-hybridized carbons (Fsp3) is 0.583. The van der Waals surface area contributed by atoms with Crippen LogP contribution in [0.1, 0.15) is 31.3 Å². The third-order valence-electron chi connectivity index (χ3n) is 2.44. The monoisotopic (exact) mass is 270 g/mol. The highest BCUT2D eigenvalue weighted by Gasteiger charge is 2.11. The van der Waals surface area contributed by atoms with Crippen LogP contribution >= 0.6 is 11.6 Å². The maximum Gasteiger partial charge on any atom is 0.231 e. The van der Waals surface area contributed by atoms with Crippen molar-refractivity contribution in [2.45, 2.75) is 33.2 Å². The maximum absolute atomic E-state index is 11.0. The summed E-state index contributed by atoms with van der Waals surface area (Å²) in [5, 5.41) is 0.423. The van der Waals surface area contributed by atoms with Gasteiger partial charge in [0.05, 0.1) is 13.1 Å². The molecule has 0 radical (unpaired) electrons. The molecule has 1 aromatic rings. The van der Waals surface area contributed by atoms with Crippen LogP contribution in [-0.2, 0) is 11.3 Å². The SMILES string of the molecule is CCCCN(CC(N)=O)Cc1nc(C)cc(Cl)n1. The molecule has 1 amide bonds. The number of carbonyl (C=O) groups excluding carboxylic acids is 1. The second-order valence-corrected chi connectivity index (χ2v) is 4.67. The molecular weight excluding hydrogens is 252 g/mol. The normalized spacial score (nSPS) is 10.9. The van der Waals surface area contributed by atoms with E-state index in [9.17, 15) is 4.79 Å². The number of rotatable bonds is 7. The van der Waals surface area contributed by atoms with E-state index in [-0.39, 0.29) is 12.5 Å². The first-order valence-electron chi connectivity index (χ1n) is 6.02. The van der Waals surface area contributed by atoms with E-state index in [1.54, 1.807) is 6.07 Å². The van der Waals surface area contributed by atoms with Crippen LogP contribution in [-0.4, -0.2) is 33.9 Å². The summed E-state index contributed by atoms with van der Waals surface area (Å²) in [5.41, 5.74) is 6.05. The molecule has 5 nitrogen and oxygen atoms in total. The molecule has 100 valence electrons. The second-order valence-electron chi connectivity index (χ2n) is 4.28. The molecule has 0 fully saturated rings. The van der Waals surface area contributed by atoms with Crippen molar-refractivity contribution in [2.75, 3.05) is 13.1 Å². The molecule has 1 heterocycles. The summed E-state index contributed by atoms with van der Waals surface area (Å²) in [4.78, 5) is 21.4. The molecule has 0 aliphatic heterocycles. The summed E-state index contributed by atoms with van der Waals surface area (Å²) in [7, 11) is 0. The van der Waals surface area contributed by atoms with Crippen molar-refractivity contribution in [3.63, 3.8) is 0 Å². The van der Waals surface area contributed by atoms with Gasteiger partial charge in [-0.25, -0.2) is 9.97 Å². The number of halogens is 1. The molecule has 0 aromatic carbocycles. The average molecular weight is 271 g/mol. The minimum Gasteiger partial charge on any atom is -0.369 e. The Bertz CT molecular complexity index is 391. The largest absolute Gasteiger partial charge is 0.369 e. The highest BCUT2D eigenvalue weighted by molar-refractivity contribution is 6.29. The predicted molar refractivity (Wildman–Crippen MR) is 71.2 cm³/mol. The lowest BCUT2D eigenvalue weighted by Gasteiger charge is -2.19. The Morgan fingerprint density at radius 2 is 2.22 bits per heavy atom. The van der Waals surface area contributed by atoms with Gasteiger partial charge in [-0.15, -0.1) is 0 Å². The lowest BCUT2D eigenvalue weighted by atomic mass is 10.3. The van der Waals surface area contributed by atoms with Crippen LogP contribution in [0.4, 0.5) is 0 Å². The molecular formula is C12H19ClN4O. The Labute approximate surface area is 112 Å². The van der Waals surface area contributed by atoms with E-state index in [1.807, 2.05) is 11.8 Å². The van der Waals surface area contributed by atoms with Gasteiger partial charge in [-0.05, 0) is 26.0 Å². The van der Waals surface area contributed by atoms with Crippen molar-refractivity contribution in [2.24, 2.45) is 5.73 Å². The molecule has 18 heavy (non-hydrogen) atoms. The van der Waals surface area contributed by atoms with Crippen LogP contribution in [0.15, 0.2) is 6.07 Å². The van der Waals surface area contributed by atoms with Gasteiger partial charge in [0.1, 0.15) is 11.0 Å². The van der Waals surface area contributed by atoms with E-state index in [4.69, 9.17) is 17.3 Å². The van der Waals surface area contributed by atoms with Gasteiger partial charge >= 0.3 is 0 Å². The fourth-order valence-corrected chi connectivity index (χ4v) is 1.93. The Morgan fingerprint density at radius 3 is 2.78 bits per heavy atom. The standard InChI is InChI=1S/C12H19ClN4O/c1-3-4-5-17(7-11(14)18)8-12-15-9(2)6-10(13)16-12/h6H,3-5,7-8H2,1-2H3,(H2,14,18). The van der Waals surface area contributed by atoms with Crippen molar-refractivity contribution >= 4 is 17.5 Å². The summed E-state index contributed by atoms with van der Waals surface area (Å²) >= 11 is 5.88. The van der Waals surface area contributed by atoms with Crippen molar-refractivity contribution in [3.05, 3.63) is 22.7 Å². The van der Waals surface area contributed by atoms with E-state index in [2.05, 4.69) is 16.9 Å². The molecule has 0 aliphatic carbocycles. The van der Waals surface area contributed by atoms with Gasteiger partial charge in [0.2, 0.25) is 5.91 Å². The molecule has 2 N–H and O–H groups in total. The molecule has 0 saturated heterocycles. The lowest BCUT2D eigenvalue weighted by molar-refractivity contribution is -0.119. The molecule has 0 atom stereocenters. The molecule has 1 rings (SSSR count). The summed E-state index contributed by atoms with van der Waals surface area (Å²) < 4.78 is 0. The zero-order chi connectivity index (χ0) is 13.5. The van der Waals surface area contributed by atoms with Crippen LogP contribution < -0.4 is 5.73 Å². The highest BCUT2D eigenvalue weighted by Crippen LogP contribution is 2.08. The van der Waals surface area contributed by atoms with Gasteiger partial charge in [0.25, 0.3) is 0 Å². The van der Waals surface area contributed by atoms with Gasteiger partial charge in [-0.1, -0.05) is 24.9 Å².